The minimum absolute atomic E-state index is 0.0352. The van der Waals surface area contributed by atoms with E-state index in [1.807, 2.05) is 57.3 Å². The number of hydrogen-bond donors (Lipinski definition) is 5. The fourth-order valence-corrected chi connectivity index (χ4v) is 5.05. The quantitative estimate of drug-likeness (QED) is 0.0782. The Morgan fingerprint density at radius 3 is 2.30 bits per heavy atom. The number of benzene rings is 2. The van der Waals surface area contributed by atoms with Gasteiger partial charge >= 0.3 is 5.69 Å². The van der Waals surface area contributed by atoms with Crippen LogP contribution >= 0.6 is 11.6 Å². The van der Waals surface area contributed by atoms with Gasteiger partial charge in [-0.3, -0.25) is 9.56 Å². The summed E-state index contributed by atoms with van der Waals surface area (Å²) < 4.78 is 15.5. The Kier molecular flexibility index (Phi) is 12.9. The summed E-state index contributed by atoms with van der Waals surface area (Å²) in [6.45, 7) is 15.2. The third kappa shape index (κ3) is 10.7. The first-order valence-corrected chi connectivity index (χ1v) is 16.1. The van der Waals surface area contributed by atoms with Gasteiger partial charge in [0.05, 0.1) is 10.7 Å². The minimum Gasteiger partial charge on any atom is -0.370 e. The summed E-state index contributed by atoms with van der Waals surface area (Å²) in [5.41, 5.74) is 20.9. The highest BCUT2D eigenvalue weighted by Gasteiger charge is 2.21. The summed E-state index contributed by atoms with van der Waals surface area (Å²) in [6.07, 6.45) is 5.61. The molecule has 0 aliphatic carbocycles. The summed E-state index contributed by atoms with van der Waals surface area (Å²) in [6, 6.07) is 13.6. The molecule has 4 rings (SSSR count). The van der Waals surface area contributed by atoms with Gasteiger partial charge in [-0.2, -0.15) is 4.98 Å². The highest BCUT2D eigenvalue weighted by molar-refractivity contribution is 6.30. The third-order valence-corrected chi connectivity index (χ3v) is 7.76. The number of unbranched alkanes of at least 4 members (excludes halogenated alkanes) is 1. The Bertz CT molecular complexity index is 1660. The molecule has 2 aromatic carbocycles. The largest absolute Gasteiger partial charge is 0.370 e. The number of nitrogens with zero attached hydrogens (tertiary/aromatic N) is 3. The fourth-order valence-electron chi connectivity index (χ4n) is 4.81. The molecule has 46 heavy (non-hydrogen) atoms. The van der Waals surface area contributed by atoms with Gasteiger partial charge in [-0.05, 0) is 85.1 Å². The lowest BCUT2D eigenvalue weighted by Gasteiger charge is -2.21. The Balaban J connectivity index is 0.000000289. The van der Waals surface area contributed by atoms with Crippen molar-refractivity contribution in [1.29, 1.82) is 0 Å². The van der Waals surface area contributed by atoms with Crippen molar-refractivity contribution in [2.45, 2.75) is 84.6 Å². The van der Waals surface area contributed by atoms with Crippen molar-refractivity contribution < 1.29 is 4.39 Å². The van der Waals surface area contributed by atoms with E-state index in [2.05, 4.69) is 47.1 Å². The summed E-state index contributed by atoms with van der Waals surface area (Å²) in [5.74, 6) is -0.167. The minimum atomic E-state index is -0.301. The molecule has 0 saturated heterocycles. The number of aryl methyl sites for hydroxylation is 1. The molecule has 0 aliphatic rings. The van der Waals surface area contributed by atoms with Crippen LogP contribution in [0.1, 0.15) is 83.2 Å². The summed E-state index contributed by atoms with van der Waals surface area (Å²) in [7, 11) is 0. The first-order valence-electron chi connectivity index (χ1n) is 15.8. The number of nitrogens with two attached hydrogens (primary N) is 3. The van der Waals surface area contributed by atoms with E-state index in [1.54, 1.807) is 10.6 Å². The number of fused-ring (bicyclic) bond motifs is 1. The number of H-pyrrole nitrogens is 1. The molecule has 2 heterocycles. The van der Waals surface area contributed by atoms with E-state index in [0.717, 1.165) is 66.7 Å². The molecule has 0 fully saturated rings. The molecule has 2 aromatic heterocycles. The highest BCUT2D eigenvalue weighted by atomic mass is 35.5. The lowest BCUT2D eigenvalue weighted by Crippen LogP contribution is -2.23. The van der Waals surface area contributed by atoms with E-state index in [0.29, 0.717) is 24.3 Å². The summed E-state index contributed by atoms with van der Waals surface area (Å²) >= 11 is 5.94. The van der Waals surface area contributed by atoms with Crippen molar-refractivity contribution in [1.82, 2.24) is 19.9 Å². The molecule has 0 amide bonds. The van der Waals surface area contributed by atoms with Crippen LogP contribution in [0.5, 0.6) is 0 Å². The van der Waals surface area contributed by atoms with Crippen LogP contribution in [0.4, 0.5) is 4.39 Å². The topological polar surface area (TPSA) is 153 Å². The number of guanidine groups is 1. The molecule has 0 spiro atoms. The zero-order valence-corrected chi connectivity index (χ0v) is 28.8. The van der Waals surface area contributed by atoms with Crippen LogP contribution in [0.15, 0.2) is 58.4 Å². The number of aromatic amines is 1. The molecule has 0 unspecified atom stereocenters. The van der Waals surface area contributed by atoms with Gasteiger partial charge in [0.1, 0.15) is 11.5 Å². The third-order valence-electron chi connectivity index (χ3n) is 7.48. The van der Waals surface area contributed by atoms with E-state index < -0.39 is 0 Å². The van der Waals surface area contributed by atoms with Gasteiger partial charge in [0.25, 0.3) is 0 Å². The van der Waals surface area contributed by atoms with Gasteiger partial charge in [-0.15, -0.1) is 0 Å². The summed E-state index contributed by atoms with van der Waals surface area (Å²) in [5, 5.41) is 4.49. The molecule has 4 aromatic rings. The number of aromatic nitrogens is 3. The van der Waals surface area contributed by atoms with Crippen molar-refractivity contribution in [2.24, 2.45) is 22.2 Å². The zero-order chi connectivity index (χ0) is 34.1. The monoisotopic (exact) mass is 652 g/mol. The average molecular weight is 653 g/mol. The van der Waals surface area contributed by atoms with Crippen LogP contribution in [0.2, 0.25) is 5.02 Å². The average Bonchev–Trinajstić information content (AvgIpc) is 3.40. The molecule has 0 aliphatic heterocycles. The second-order valence-corrected chi connectivity index (χ2v) is 14.0. The number of nitrogens with one attached hydrogen (secondary N) is 2. The maximum absolute atomic E-state index is 13.9. The number of aliphatic imine (C=N–C) groups is 1. The molecule has 8 N–H and O–H groups in total. The van der Waals surface area contributed by atoms with Crippen molar-refractivity contribution in [2.75, 3.05) is 19.6 Å². The molecular formula is C35H50ClFN8O. The summed E-state index contributed by atoms with van der Waals surface area (Å²) in [4.78, 5) is 23.9. The number of rotatable bonds is 11. The highest BCUT2D eigenvalue weighted by Crippen LogP contribution is 2.31. The molecule has 11 heteroatoms. The van der Waals surface area contributed by atoms with Gasteiger partial charge in [0, 0.05) is 35.8 Å². The van der Waals surface area contributed by atoms with Gasteiger partial charge in [-0.1, -0.05) is 71.3 Å². The lowest BCUT2D eigenvalue weighted by molar-refractivity contribution is 0.521. The van der Waals surface area contributed by atoms with E-state index in [1.165, 1.54) is 0 Å². The van der Waals surface area contributed by atoms with Gasteiger partial charge in [0.15, 0.2) is 5.96 Å². The molecule has 0 saturated carbocycles. The molecule has 0 bridgehead atoms. The van der Waals surface area contributed by atoms with Crippen LogP contribution in [-0.4, -0.2) is 40.1 Å². The molecule has 9 nitrogen and oxygen atoms in total. The fraction of sp³-hybridized carbons (Fsp3) is 0.457. The second-order valence-electron chi connectivity index (χ2n) is 13.6. The first kappa shape index (κ1) is 36.7. The smallest absolute Gasteiger partial charge is 0.354 e. The van der Waals surface area contributed by atoms with Crippen LogP contribution in [0, 0.1) is 5.82 Å². The van der Waals surface area contributed by atoms with E-state index >= 15 is 0 Å². The predicted molar refractivity (Wildman–Crippen MR) is 189 cm³/mol. The standard InChI is InChI=1S/C21H29N7O.C14H21ClFN/c1-21(2,3)17-11-15-13-28(20(29)27-18(15)26-17)16-7-5-14(6-8-16)12-24-9-4-10-25-19(22)23;1-14(2,3)11-8-10(6-4-5-7-17)9-12(15)13(11)16/h5-8,11,13,24H,4,9-10,12H2,1-3H3,(H4,22,23,25)(H,26,27,29);8-9H,4-7,17H2,1-3H3. The zero-order valence-electron chi connectivity index (χ0n) is 28.0. The van der Waals surface area contributed by atoms with Gasteiger partial charge in [0.2, 0.25) is 0 Å². The van der Waals surface area contributed by atoms with Crippen LogP contribution in [-0.2, 0) is 23.8 Å². The van der Waals surface area contributed by atoms with Crippen molar-refractivity contribution in [3.8, 4) is 5.69 Å². The maximum Gasteiger partial charge on any atom is 0.354 e. The van der Waals surface area contributed by atoms with Crippen molar-refractivity contribution in [3.05, 3.63) is 92.4 Å². The molecule has 0 atom stereocenters. The van der Waals surface area contributed by atoms with Crippen LogP contribution in [0.3, 0.4) is 0 Å². The predicted octanol–water partition coefficient (Wildman–Crippen LogP) is 5.82. The van der Waals surface area contributed by atoms with Crippen molar-refractivity contribution in [3.63, 3.8) is 0 Å². The number of halogens is 2. The molecule has 0 radical (unpaired) electrons. The van der Waals surface area contributed by atoms with Gasteiger partial charge < -0.3 is 27.5 Å². The Hall–Kier alpha value is -3.73. The Morgan fingerprint density at radius 2 is 1.70 bits per heavy atom. The number of hydrogen-bond acceptors (Lipinski definition) is 5. The van der Waals surface area contributed by atoms with E-state index in [4.69, 9.17) is 28.8 Å². The Labute approximate surface area is 276 Å². The second kappa shape index (κ2) is 16.2. The normalized spacial score (nSPS) is 11.8. The van der Waals surface area contributed by atoms with E-state index in [-0.39, 0.29) is 33.3 Å². The van der Waals surface area contributed by atoms with Crippen LogP contribution < -0.4 is 28.2 Å². The first-order chi connectivity index (χ1) is 21.6. The lowest BCUT2D eigenvalue weighted by atomic mass is 9.85. The van der Waals surface area contributed by atoms with Gasteiger partial charge in [-0.25, -0.2) is 9.18 Å². The maximum atomic E-state index is 13.9. The Morgan fingerprint density at radius 1 is 1.00 bits per heavy atom. The molecular weight excluding hydrogens is 603 g/mol. The van der Waals surface area contributed by atoms with Crippen molar-refractivity contribution >= 4 is 28.6 Å². The van der Waals surface area contributed by atoms with E-state index in [9.17, 15) is 9.18 Å². The SMILES string of the molecule is CC(C)(C)c1cc(CCCCN)cc(Cl)c1F.CC(C)(C)c1cc2cn(-c3ccc(CNCCCN=C(N)N)cc3)c(=O)nc2[nH]1. The molecule has 250 valence electrons. The van der Waals surface area contributed by atoms with Crippen LogP contribution in [0.25, 0.3) is 16.7 Å².